The lowest BCUT2D eigenvalue weighted by Gasteiger charge is -2.13. The first-order valence-electron chi connectivity index (χ1n) is 6.98. The van der Waals surface area contributed by atoms with Crippen molar-refractivity contribution in [1.29, 1.82) is 0 Å². The van der Waals surface area contributed by atoms with Gasteiger partial charge in [0, 0.05) is 7.05 Å². The van der Waals surface area contributed by atoms with Gasteiger partial charge in [-0.2, -0.15) is 4.68 Å². The molecule has 1 unspecified atom stereocenters. The molecular weight excluding hydrogens is 316 g/mol. The molecule has 0 aliphatic rings. The number of carbonyl (C=O) groups is 2. The average molecular weight is 334 g/mol. The quantitative estimate of drug-likeness (QED) is 0.815. The van der Waals surface area contributed by atoms with Crippen LogP contribution in [0.25, 0.3) is 5.69 Å². The number of aryl methyl sites for hydroxylation is 2. The Balaban J connectivity index is 2.22. The van der Waals surface area contributed by atoms with E-state index in [-0.39, 0.29) is 0 Å². The summed E-state index contributed by atoms with van der Waals surface area (Å²) in [5.74, 6) is -0.412. The van der Waals surface area contributed by atoms with E-state index in [4.69, 9.17) is 0 Å². The Morgan fingerprint density at radius 1 is 1.26 bits per heavy atom. The van der Waals surface area contributed by atoms with Crippen LogP contribution in [0.4, 0.5) is 4.79 Å². The molecule has 3 amide bonds. The smallest absolute Gasteiger partial charge is 0.321 e. The first kappa shape index (κ1) is 16.9. The molecule has 0 fully saturated rings. The summed E-state index contributed by atoms with van der Waals surface area (Å²) in [5, 5.41) is 16.2. The van der Waals surface area contributed by atoms with Crippen LogP contribution in [0.1, 0.15) is 18.1 Å². The van der Waals surface area contributed by atoms with Crippen molar-refractivity contribution in [2.45, 2.75) is 31.2 Å². The number of carbonyl (C=O) groups excluding carboxylic acids is 2. The number of thioether (sulfide) groups is 1. The fourth-order valence-corrected chi connectivity index (χ4v) is 2.81. The lowest BCUT2D eigenvalue weighted by molar-refractivity contribution is -0.119. The summed E-state index contributed by atoms with van der Waals surface area (Å²) in [6.45, 7) is 5.63. The molecule has 9 heteroatoms. The van der Waals surface area contributed by atoms with E-state index in [0.717, 1.165) is 16.8 Å². The number of nitrogens with zero attached hydrogens (tertiary/aromatic N) is 4. The highest BCUT2D eigenvalue weighted by Crippen LogP contribution is 2.26. The predicted octanol–water partition coefficient (Wildman–Crippen LogP) is 1.22. The second-order valence-electron chi connectivity index (χ2n) is 4.94. The molecule has 2 aromatic rings. The zero-order chi connectivity index (χ0) is 17.0. The molecule has 0 spiro atoms. The Labute approximate surface area is 138 Å². The Morgan fingerprint density at radius 3 is 2.52 bits per heavy atom. The fourth-order valence-electron chi connectivity index (χ4n) is 2.02. The molecule has 8 nitrogen and oxygen atoms in total. The Morgan fingerprint density at radius 2 is 1.91 bits per heavy atom. The molecule has 23 heavy (non-hydrogen) atoms. The van der Waals surface area contributed by atoms with E-state index in [1.54, 1.807) is 11.6 Å². The van der Waals surface area contributed by atoms with E-state index in [0.29, 0.717) is 5.16 Å². The maximum Gasteiger partial charge on any atom is 0.321 e. The Bertz CT molecular complexity index is 710. The van der Waals surface area contributed by atoms with Crippen molar-refractivity contribution in [1.82, 2.24) is 30.8 Å². The maximum atomic E-state index is 11.9. The van der Waals surface area contributed by atoms with Gasteiger partial charge in [0.2, 0.25) is 11.1 Å². The molecule has 0 radical (unpaired) electrons. The monoisotopic (exact) mass is 334 g/mol. The number of para-hydroxylation sites is 1. The minimum absolute atomic E-state index is 0.412. The molecule has 0 aliphatic heterocycles. The molecule has 122 valence electrons. The van der Waals surface area contributed by atoms with Gasteiger partial charge in [-0.15, -0.1) is 5.10 Å². The van der Waals surface area contributed by atoms with Crippen LogP contribution < -0.4 is 10.6 Å². The van der Waals surface area contributed by atoms with Crippen LogP contribution in [0.15, 0.2) is 23.4 Å². The minimum atomic E-state index is -0.545. The van der Waals surface area contributed by atoms with E-state index < -0.39 is 17.2 Å². The van der Waals surface area contributed by atoms with Gasteiger partial charge < -0.3 is 5.32 Å². The molecule has 2 N–H and O–H groups in total. The van der Waals surface area contributed by atoms with Gasteiger partial charge in [-0.3, -0.25) is 10.1 Å². The SMILES string of the molecule is CNC(=O)NC(=O)C(C)Sc1nnnn1-c1c(C)cccc1C. The van der Waals surface area contributed by atoms with Gasteiger partial charge in [0.25, 0.3) is 0 Å². The summed E-state index contributed by atoms with van der Waals surface area (Å²) < 4.78 is 1.61. The summed E-state index contributed by atoms with van der Waals surface area (Å²) >= 11 is 1.18. The number of nitrogens with one attached hydrogen (secondary N) is 2. The number of aromatic nitrogens is 4. The van der Waals surface area contributed by atoms with Crippen molar-refractivity contribution < 1.29 is 9.59 Å². The van der Waals surface area contributed by atoms with Gasteiger partial charge in [-0.1, -0.05) is 30.0 Å². The normalized spacial score (nSPS) is 11.8. The van der Waals surface area contributed by atoms with Gasteiger partial charge in [0.1, 0.15) is 0 Å². The Hall–Kier alpha value is -2.42. The van der Waals surface area contributed by atoms with E-state index >= 15 is 0 Å². The van der Waals surface area contributed by atoms with Gasteiger partial charge in [0.05, 0.1) is 10.9 Å². The number of hydrogen-bond donors (Lipinski definition) is 2. The number of amides is 3. The zero-order valence-electron chi connectivity index (χ0n) is 13.3. The molecule has 0 bridgehead atoms. The van der Waals surface area contributed by atoms with Crippen molar-refractivity contribution >= 4 is 23.7 Å². The largest absolute Gasteiger partial charge is 0.341 e. The van der Waals surface area contributed by atoms with Crippen LogP contribution in [-0.4, -0.2) is 44.4 Å². The molecule has 0 saturated heterocycles. The molecule has 1 aromatic carbocycles. The third kappa shape index (κ3) is 3.86. The number of hydrogen-bond acceptors (Lipinski definition) is 6. The summed E-state index contributed by atoms with van der Waals surface area (Å²) in [6, 6.07) is 5.36. The van der Waals surface area contributed by atoms with Crippen molar-refractivity contribution in [3.63, 3.8) is 0 Å². The number of benzene rings is 1. The number of urea groups is 1. The highest BCUT2D eigenvalue weighted by atomic mass is 32.2. The molecular formula is C14H18N6O2S. The predicted molar refractivity (Wildman–Crippen MR) is 86.5 cm³/mol. The van der Waals surface area contributed by atoms with Crippen molar-refractivity contribution in [2.24, 2.45) is 0 Å². The molecule has 2 rings (SSSR count). The standard InChI is InChI=1S/C14H18N6O2S/c1-8-6-5-7-9(2)11(8)20-14(17-18-19-20)23-10(3)12(21)16-13(22)15-4/h5-7,10H,1-4H3,(H2,15,16,21,22). The van der Waals surface area contributed by atoms with Gasteiger partial charge in [-0.25, -0.2) is 4.79 Å². The molecule has 0 aliphatic carbocycles. The van der Waals surface area contributed by atoms with Crippen LogP contribution in [0, 0.1) is 13.8 Å². The summed E-state index contributed by atoms with van der Waals surface area (Å²) in [7, 11) is 1.45. The maximum absolute atomic E-state index is 11.9. The molecule has 1 atom stereocenters. The van der Waals surface area contributed by atoms with E-state index in [1.165, 1.54) is 18.8 Å². The summed E-state index contributed by atoms with van der Waals surface area (Å²) in [6.07, 6.45) is 0. The van der Waals surface area contributed by atoms with Crippen LogP contribution in [0.2, 0.25) is 0 Å². The third-order valence-corrected chi connectivity index (χ3v) is 4.24. The minimum Gasteiger partial charge on any atom is -0.341 e. The molecule has 1 aromatic heterocycles. The number of tetrazole rings is 1. The van der Waals surface area contributed by atoms with E-state index in [2.05, 4.69) is 26.2 Å². The second kappa shape index (κ2) is 7.23. The van der Waals surface area contributed by atoms with Gasteiger partial charge in [0.15, 0.2) is 0 Å². The average Bonchev–Trinajstić information content (AvgIpc) is 2.94. The molecule has 1 heterocycles. The first-order valence-corrected chi connectivity index (χ1v) is 7.86. The second-order valence-corrected chi connectivity index (χ2v) is 6.25. The molecule has 0 saturated carbocycles. The lowest BCUT2D eigenvalue weighted by atomic mass is 10.1. The van der Waals surface area contributed by atoms with E-state index in [1.807, 2.05) is 32.0 Å². The van der Waals surface area contributed by atoms with Crippen molar-refractivity contribution in [3.8, 4) is 5.69 Å². The number of imide groups is 1. The van der Waals surface area contributed by atoms with Crippen molar-refractivity contribution in [2.75, 3.05) is 7.05 Å². The number of rotatable bonds is 4. The first-order chi connectivity index (χ1) is 10.9. The third-order valence-electron chi connectivity index (χ3n) is 3.21. The zero-order valence-corrected chi connectivity index (χ0v) is 14.1. The van der Waals surface area contributed by atoms with Crippen LogP contribution >= 0.6 is 11.8 Å². The van der Waals surface area contributed by atoms with Crippen LogP contribution in [-0.2, 0) is 4.79 Å². The highest BCUT2D eigenvalue weighted by molar-refractivity contribution is 8.00. The summed E-state index contributed by atoms with van der Waals surface area (Å²) in [5.41, 5.74) is 2.95. The van der Waals surface area contributed by atoms with Crippen LogP contribution in [0.3, 0.4) is 0 Å². The highest BCUT2D eigenvalue weighted by Gasteiger charge is 2.21. The topological polar surface area (TPSA) is 102 Å². The summed E-state index contributed by atoms with van der Waals surface area (Å²) in [4.78, 5) is 23.2. The van der Waals surface area contributed by atoms with Gasteiger partial charge in [-0.05, 0) is 42.3 Å². The Kier molecular flexibility index (Phi) is 5.32. The van der Waals surface area contributed by atoms with E-state index in [9.17, 15) is 9.59 Å². The fraction of sp³-hybridized carbons (Fsp3) is 0.357. The van der Waals surface area contributed by atoms with Gasteiger partial charge >= 0.3 is 6.03 Å². The van der Waals surface area contributed by atoms with Crippen molar-refractivity contribution in [3.05, 3.63) is 29.3 Å². The lowest BCUT2D eigenvalue weighted by Crippen LogP contribution is -2.41. The van der Waals surface area contributed by atoms with Crippen LogP contribution in [0.5, 0.6) is 0 Å².